The van der Waals surface area contributed by atoms with Gasteiger partial charge >= 0.3 is 5.97 Å². The molecule has 0 saturated carbocycles. The van der Waals surface area contributed by atoms with Gasteiger partial charge in [0.1, 0.15) is 6.04 Å². The van der Waals surface area contributed by atoms with Gasteiger partial charge in [0, 0.05) is 0 Å². The zero-order valence-electron chi connectivity index (χ0n) is 10.3. The number of nitrogens with two attached hydrogens (primary N) is 1. The van der Waals surface area contributed by atoms with Crippen molar-refractivity contribution in [1.82, 2.24) is 5.32 Å². The molecule has 1 aromatic rings. The number of amides is 1. The molecule has 0 bridgehead atoms. The molecule has 2 atom stereocenters. The van der Waals surface area contributed by atoms with Crippen molar-refractivity contribution in [3.63, 3.8) is 0 Å². The molecule has 1 aromatic carbocycles. The van der Waals surface area contributed by atoms with Crippen LogP contribution >= 0.6 is 0 Å². The molecule has 7 heteroatoms. The molecule has 0 radical (unpaired) electrons. The second-order valence-electron chi connectivity index (χ2n) is 4.20. The van der Waals surface area contributed by atoms with Crippen molar-refractivity contribution in [2.45, 2.75) is 25.4 Å². The molecule has 0 aliphatic rings. The summed E-state index contributed by atoms with van der Waals surface area (Å²) >= 11 is 0. The maximum absolute atomic E-state index is 11.6. The van der Waals surface area contributed by atoms with Crippen LogP contribution in [0.3, 0.4) is 0 Å². The molecule has 0 heterocycles. The second kappa shape index (κ2) is 6.05. The van der Waals surface area contributed by atoms with E-state index < -0.39 is 24.0 Å². The molecule has 0 aliphatic heterocycles. The first-order chi connectivity index (χ1) is 8.81. The summed E-state index contributed by atoms with van der Waals surface area (Å²) in [5, 5.41) is 29.3. The quantitative estimate of drug-likeness (QED) is 0.460. The van der Waals surface area contributed by atoms with Crippen LogP contribution in [0, 0.1) is 0 Å². The van der Waals surface area contributed by atoms with Gasteiger partial charge in [0.15, 0.2) is 11.5 Å². The summed E-state index contributed by atoms with van der Waals surface area (Å²) in [5.74, 6) is -2.31. The Hall–Kier alpha value is -2.28. The van der Waals surface area contributed by atoms with Crippen molar-refractivity contribution in [2.75, 3.05) is 0 Å². The van der Waals surface area contributed by atoms with E-state index in [9.17, 15) is 14.7 Å². The van der Waals surface area contributed by atoms with Gasteiger partial charge in [-0.15, -0.1) is 0 Å². The Kier molecular flexibility index (Phi) is 4.71. The van der Waals surface area contributed by atoms with Gasteiger partial charge in [0.2, 0.25) is 5.91 Å². The van der Waals surface area contributed by atoms with E-state index in [2.05, 4.69) is 5.32 Å². The van der Waals surface area contributed by atoms with E-state index in [0.29, 0.717) is 5.56 Å². The molecule has 1 rings (SSSR count). The number of carboxylic acids is 1. The Labute approximate surface area is 109 Å². The number of rotatable bonds is 5. The van der Waals surface area contributed by atoms with Crippen LogP contribution < -0.4 is 11.1 Å². The topological polar surface area (TPSA) is 133 Å². The molecular weight excluding hydrogens is 252 g/mol. The third-order valence-electron chi connectivity index (χ3n) is 2.56. The van der Waals surface area contributed by atoms with Gasteiger partial charge in [-0.2, -0.15) is 0 Å². The Morgan fingerprint density at radius 2 is 1.95 bits per heavy atom. The SMILES string of the molecule is CC(NC(=O)C(N)Cc1ccc(O)c(O)c1)C(=O)O. The van der Waals surface area contributed by atoms with Crippen molar-refractivity contribution in [1.29, 1.82) is 0 Å². The van der Waals surface area contributed by atoms with Gasteiger partial charge in [0.05, 0.1) is 6.04 Å². The van der Waals surface area contributed by atoms with E-state index in [1.54, 1.807) is 0 Å². The third kappa shape index (κ3) is 4.14. The first kappa shape index (κ1) is 14.8. The standard InChI is InChI=1S/C12H16N2O5/c1-6(12(18)19)14-11(17)8(13)4-7-2-3-9(15)10(16)5-7/h2-3,5-6,8,15-16H,4,13H2,1H3,(H,14,17)(H,18,19). The van der Waals surface area contributed by atoms with Gasteiger partial charge in [-0.25, -0.2) is 0 Å². The number of aliphatic carboxylic acids is 1. The molecule has 19 heavy (non-hydrogen) atoms. The number of carbonyl (C=O) groups is 2. The summed E-state index contributed by atoms with van der Waals surface area (Å²) in [5.41, 5.74) is 6.19. The number of nitrogens with one attached hydrogen (secondary N) is 1. The lowest BCUT2D eigenvalue weighted by molar-refractivity contribution is -0.141. The van der Waals surface area contributed by atoms with Crippen molar-refractivity contribution < 1.29 is 24.9 Å². The minimum atomic E-state index is -1.15. The average Bonchev–Trinajstić information content (AvgIpc) is 2.33. The molecule has 0 spiro atoms. The highest BCUT2D eigenvalue weighted by Gasteiger charge is 2.19. The van der Waals surface area contributed by atoms with E-state index in [4.69, 9.17) is 15.9 Å². The molecule has 1 amide bonds. The van der Waals surface area contributed by atoms with E-state index in [-0.39, 0.29) is 17.9 Å². The number of aromatic hydroxyl groups is 2. The average molecular weight is 268 g/mol. The zero-order chi connectivity index (χ0) is 14.6. The molecule has 0 fully saturated rings. The molecule has 7 nitrogen and oxygen atoms in total. The summed E-state index contributed by atoms with van der Waals surface area (Å²) in [7, 11) is 0. The summed E-state index contributed by atoms with van der Waals surface area (Å²) < 4.78 is 0. The molecule has 104 valence electrons. The lowest BCUT2D eigenvalue weighted by Gasteiger charge is -2.15. The minimum absolute atomic E-state index is 0.117. The number of carboxylic acid groups (broad SMARTS) is 1. The highest BCUT2D eigenvalue weighted by molar-refractivity contribution is 5.86. The smallest absolute Gasteiger partial charge is 0.325 e. The first-order valence-corrected chi connectivity index (χ1v) is 5.61. The molecule has 6 N–H and O–H groups in total. The van der Waals surface area contributed by atoms with Crippen molar-refractivity contribution in [3.05, 3.63) is 23.8 Å². The number of phenolic OH excluding ortho intramolecular Hbond substituents is 2. The van der Waals surface area contributed by atoms with Crippen LogP contribution in [-0.4, -0.2) is 39.3 Å². The Morgan fingerprint density at radius 3 is 2.47 bits per heavy atom. The lowest BCUT2D eigenvalue weighted by Crippen LogP contribution is -2.48. The summed E-state index contributed by atoms with van der Waals surface area (Å²) in [6, 6.07) is 2.14. The fraction of sp³-hybridized carbons (Fsp3) is 0.333. The number of carbonyl (C=O) groups excluding carboxylic acids is 1. The van der Waals surface area contributed by atoms with Crippen molar-refractivity contribution in [2.24, 2.45) is 5.73 Å². The van der Waals surface area contributed by atoms with Crippen molar-refractivity contribution in [3.8, 4) is 11.5 Å². The van der Waals surface area contributed by atoms with E-state index in [1.807, 2.05) is 0 Å². The van der Waals surface area contributed by atoms with Crippen LogP contribution in [0.4, 0.5) is 0 Å². The number of benzene rings is 1. The Bertz CT molecular complexity index is 489. The van der Waals surface area contributed by atoms with E-state index in [1.165, 1.54) is 25.1 Å². The van der Waals surface area contributed by atoms with Crippen LogP contribution in [0.15, 0.2) is 18.2 Å². The maximum Gasteiger partial charge on any atom is 0.325 e. The normalized spacial score (nSPS) is 13.6. The van der Waals surface area contributed by atoms with Crippen LogP contribution in [0.2, 0.25) is 0 Å². The summed E-state index contributed by atoms with van der Waals surface area (Å²) in [6.45, 7) is 1.33. The fourth-order valence-electron chi connectivity index (χ4n) is 1.42. The Morgan fingerprint density at radius 1 is 1.32 bits per heavy atom. The minimum Gasteiger partial charge on any atom is -0.504 e. The lowest BCUT2D eigenvalue weighted by atomic mass is 10.1. The van der Waals surface area contributed by atoms with Gasteiger partial charge < -0.3 is 26.4 Å². The number of hydrogen-bond acceptors (Lipinski definition) is 5. The highest BCUT2D eigenvalue weighted by Crippen LogP contribution is 2.25. The molecule has 0 saturated heterocycles. The second-order valence-corrected chi connectivity index (χ2v) is 4.20. The predicted octanol–water partition coefficient (Wildman–Crippen LogP) is -0.443. The maximum atomic E-state index is 11.6. The molecule has 2 unspecified atom stereocenters. The van der Waals surface area contributed by atoms with Crippen LogP contribution in [0.25, 0.3) is 0 Å². The molecule has 0 aromatic heterocycles. The summed E-state index contributed by atoms with van der Waals surface area (Å²) in [4.78, 5) is 22.2. The van der Waals surface area contributed by atoms with Crippen molar-refractivity contribution >= 4 is 11.9 Å². The van der Waals surface area contributed by atoms with E-state index >= 15 is 0 Å². The summed E-state index contributed by atoms with van der Waals surface area (Å²) in [6.07, 6.45) is 0.117. The van der Waals surface area contributed by atoms with Gasteiger partial charge in [0.25, 0.3) is 0 Å². The predicted molar refractivity (Wildman–Crippen MR) is 66.7 cm³/mol. The zero-order valence-corrected chi connectivity index (χ0v) is 10.3. The van der Waals surface area contributed by atoms with Crippen LogP contribution in [-0.2, 0) is 16.0 Å². The first-order valence-electron chi connectivity index (χ1n) is 5.61. The molecule has 0 aliphatic carbocycles. The number of phenols is 2. The number of hydrogen-bond donors (Lipinski definition) is 5. The largest absolute Gasteiger partial charge is 0.504 e. The van der Waals surface area contributed by atoms with Gasteiger partial charge in [-0.1, -0.05) is 6.07 Å². The van der Waals surface area contributed by atoms with Gasteiger partial charge in [-0.3, -0.25) is 9.59 Å². The fourth-order valence-corrected chi connectivity index (χ4v) is 1.42. The Balaban J connectivity index is 2.63. The third-order valence-corrected chi connectivity index (χ3v) is 2.56. The highest BCUT2D eigenvalue weighted by atomic mass is 16.4. The van der Waals surface area contributed by atoms with Crippen LogP contribution in [0.1, 0.15) is 12.5 Å². The van der Waals surface area contributed by atoms with Crippen LogP contribution in [0.5, 0.6) is 11.5 Å². The van der Waals surface area contributed by atoms with E-state index in [0.717, 1.165) is 0 Å². The molecular formula is C12H16N2O5. The monoisotopic (exact) mass is 268 g/mol. The van der Waals surface area contributed by atoms with Gasteiger partial charge in [-0.05, 0) is 31.0 Å².